The molecule has 1 aromatic rings. The number of halogens is 2. The molecule has 0 unspecified atom stereocenters. The first-order valence-electron chi connectivity index (χ1n) is 11.9. The quantitative estimate of drug-likeness (QED) is 0.125. The minimum Gasteiger partial charge on any atom is -0.490 e. The van der Waals surface area contributed by atoms with Crippen LogP contribution < -0.4 is 9.64 Å². The normalized spacial score (nSPS) is 11.4. The van der Waals surface area contributed by atoms with E-state index in [9.17, 15) is 8.42 Å². The zero-order valence-corrected chi connectivity index (χ0v) is 23.8. The third-order valence-corrected chi connectivity index (χ3v) is 6.04. The molecule has 0 aliphatic rings. The second kappa shape index (κ2) is 17.3. The highest BCUT2D eigenvalue weighted by Crippen LogP contribution is 2.36. The number of rotatable bonds is 15. The fraction of sp³-hybridized carbons (Fsp3) is 0.680. The molecule has 0 radical (unpaired) electrons. The molecule has 6 nitrogen and oxygen atoms in total. The van der Waals surface area contributed by atoms with Gasteiger partial charge in [-0.1, -0.05) is 49.9 Å². The van der Waals surface area contributed by atoms with E-state index in [1.165, 1.54) is 38.8 Å². The van der Waals surface area contributed by atoms with Crippen molar-refractivity contribution in [2.24, 2.45) is 0 Å². The Morgan fingerprint density at radius 3 is 1.88 bits per heavy atom. The van der Waals surface area contributed by atoms with Crippen LogP contribution in [0.15, 0.2) is 12.1 Å². The van der Waals surface area contributed by atoms with Crippen molar-refractivity contribution >= 4 is 39.0 Å². The fourth-order valence-corrected chi connectivity index (χ4v) is 4.21. The van der Waals surface area contributed by atoms with Crippen molar-refractivity contribution in [2.45, 2.75) is 58.8 Å². The summed E-state index contributed by atoms with van der Waals surface area (Å²) >= 11 is 12.8. The average molecular weight is 539 g/mol. The van der Waals surface area contributed by atoms with E-state index >= 15 is 0 Å². The number of benzene rings is 1. The Balaban J connectivity index is 0.00000196. The lowest BCUT2D eigenvalue weighted by Gasteiger charge is -2.39. The molecule has 0 fully saturated rings. The van der Waals surface area contributed by atoms with Crippen LogP contribution in [0.4, 0.5) is 5.69 Å². The van der Waals surface area contributed by atoms with Crippen molar-refractivity contribution in [1.29, 1.82) is 0 Å². The summed E-state index contributed by atoms with van der Waals surface area (Å²) in [5, 5.41) is 1.12. The molecule has 0 aromatic heterocycles. The predicted octanol–water partition coefficient (Wildman–Crippen LogP) is 6.16. The number of nitrogens with zero attached hydrogens (tertiary/aromatic N) is 2. The minimum atomic E-state index is -3.67. The van der Waals surface area contributed by atoms with Gasteiger partial charge in [-0.05, 0) is 37.8 Å². The van der Waals surface area contributed by atoms with Gasteiger partial charge in [-0.2, -0.15) is 8.42 Å². The van der Waals surface area contributed by atoms with Gasteiger partial charge in [-0.15, -0.1) is 12.3 Å². The highest BCUT2D eigenvalue weighted by molar-refractivity contribution is 7.85. The van der Waals surface area contributed by atoms with Gasteiger partial charge in [0.25, 0.3) is 10.1 Å². The van der Waals surface area contributed by atoms with Crippen LogP contribution in [0.3, 0.4) is 0 Å². The topological polar surface area (TPSA) is 66.8 Å². The summed E-state index contributed by atoms with van der Waals surface area (Å²) in [6.07, 6.45) is 14.2. The van der Waals surface area contributed by atoms with Crippen molar-refractivity contribution in [3.05, 3.63) is 22.2 Å². The molecule has 0 aliphatic heterocycles. The highest BCUT2D eigenvalue weighted by Gasteiger charge is 2.25. The summed E-state index contributed by atoms with van der Waals surface area (Å²) in [5.74, 6) is 3.44. The van der Waals surface area contributed by atoms with E-state index in [1.54, 1.807) is 0 Å². The molecule has 0 amide bonds. The van der Waals surface area contributed by atoms with Crippen LogP contribution in [-0.2, 0) is 10.1 Å². The van der Waals surface area contributed by atoms with Crippen molar-refractivity contribution < 1.29 is 22.2 Å². The summed E-state index contributed by atoms with van der Waals surface area (Å²) in [6, 6.07) is 3.78. The van der Waals surface area contributed by atoms with E-state index in [2.05, 4.69) is 19.8 Å². The molecular formula is C25H43Cl2N2O4S+. The van der Waals surface area contributed by atoms with Crippen LogP contribution in [0.5, 0.6) is 5.75 Å². The van der Waals surface area contributed by atoms with Crippen molar-refractivity contribution in [1.82, 2.24) is 0 Å². The maximum Gasteiger partial charge on any atom is 0.261 e. The summed E-state index contributed by atoms with van der Waals surface area (Å²) in [5.41, 5.74) is 0.967. The zero-order valence-electron chi connectivity index (χ0n) is 21.4. The molecule has 1 N–H and O–H groups in total. The van der Waals surface area contributed by atoms with E-state index in [-0.39, 0.29) is 0 Å². The molecular weight excluding hydrogens is 495 g/mol. The van der Waals surface area contributed by atoms with Crippen LogP contribution in [-0.4, -0.2) is 70.6 Å². The second-order valence-corrected chi connectivity index (χ2v) is 11.1. The van der Waals surface area contributed by atoms with Gasteiger partial charge in [-0.3, -0.25) is 4.55 Å². The molecule has 0 bridgehead atoms. The van der Waals surface area contributed by atoms with Gasteiger partial charge in [-0.25, -0.2) is 0 Å². The molecule has 196 valence electrons. The van der Waals surface area contributed by atoms with Gasteiger partial charge in [0.2, 0.25) is 0 Å². The van der Waals surface area contributed by atoms with Crippen LogP contribution in [0.1, 0.15) is 58.8 Å². The number of hydrogen-bond acceptors (Lipinski definition) is 4. The number of quaternary nitrogens is 1. The van der Waals surface area contributed by atoms with Crippen molar-refractivity contribution in [2.75, 3.05) is 58.0 Å². The molecule has 0 spiro atoms. The van der Waals surface area contributed by atoms with E-state index in [1.807, 2.05) is 31.1 Å². The standard InChI is InChI=1S/C24H39Cl2N2O.CH4O3S/c1-6-9-14-28(15-10-7-2,16-11-8-3)17-12-13-18-29-24-22(25)19-21(27(4)5)20-23(24)26;1-5(2,3)4/h1,19-20H,7-18H2,2-5H3;1H3,(H,2,3,4)/q+1;. The van der Waals surface area contributed by atoms with Crippen molar-refractivity contribution in [3.63, 3.8) is 0 Å². The first kappa shape index (κ1) is 32.8. The lowest BCUT2D eigenvalue weighted by molar-refractivity contribution is -0.928. The SMILES string of the molecule is C#CCC[N+](CCCC)(CCCC)CCCCOc1c(Cl)cc(N(C)C)cc1Cl.CS(=O)(=O)O. The largest absolute Gasteiger partial charge is 0.490 e. The molecule has 0 saturated carbocycles. The number of ether oxygens (including phenoxy) is 1. The number of anilines is 1. The van der Waals surface area contributed by atoms with Gasteiger partial charge in [0.15, 0.2) is 5.75 Å². The zero-order chi connectivity index (χ0) is 26.2. The van der Waals surface area contributed by atoms with E-state index in [0.29, 0.717) is 28.7 Å². The fourth-order valence-electron chi connectivity index (χ4n) is 3.63. The highest BCUT2D eigenvalue weighted by atomic mass is 35.5. The predicted molar refractivity (Wildman–Crippen MR) is 146 cm³/mol. The van der Waals surface area contributed by atoms with E-state index < -0.39 is 10.1 Å². The number of hydrogen-bond donors (Lipinski definition) is 1. The van der Waals surface area contributed by atoms with Gasteiger partial charge in [0.05, 0.1) is 55.5 Å². The smallest absolute Gasteiger partial charge is 0.261 e. The molecule has 34 heavy (non-hydrogen) atoms. The number of terminal acetylenes is 1. The first-order chi connectivity index (χ1) is 15.9. The van der Waals surface area contributed by atoms with E-state index in [0.717, 1.165) is 42.5 Å². The summed E-state index contributed by atoms with van der Waals surface area (Å²) in [4.78, 5) is 1.97. The molecule has 9 heteroatoms. The Bertz CT molecular complexity index is 816. The van der Waals surface area contributed by atoms with Crippen LogP contribution in [0.25, 0.3) is 0 Å². The molecule has 1 aromatic carbocycles. The van der Waals surface area contributed by atoms with Crippen LogP contribution in [0.2, 0.25) is 10.0 Å². The second-order valence-electron chi connectivity index (χ2n) is 8.82. The molecule has 0 saturated heterocycles. The summed E-state index contributed by atoms with van der Waals surface area (Å²) < 4.78 is 33.0. The summed E-state index contributed by atoms with van der Waals surface area (Å²) in [7, 11) is 0.259. The Labute approximate surface area is 217 Å². The summed E-state index contributed by atoms with van der Waals surface area (Å²) in [6.45, 7) is 9.84. The van der Waals surface area contributed by atoms with Gasteiger partial charge < -0.3 is 14.1 Å². The van der Waals surface area contributed by atoms with Gasteiger partial charge in [0, 0.05) is 19.8 Å². The molecule has 0 aliphatic carbocycles. The maximum atomic E-state index is 9.19. The van der Waals surface area contributed by atoms with Gasteiger partial charge in [0.1, 0.15) is 0 Å². The monoisotopic (exact) mass is 537 g/mol. The van der Waals surface area contributed by atoms with Crippen LogP contribution in [0, 0.1) is 12.3 Å². The first-order valence-corrected chi connectivity index (χ1v) is 14.5. The Morgan fingerprint density at radius 2 is 1.47 bits per heavy atom. The third kappa shape index (κ3) is 15.0. The van der Waals surface area contributed by atoms with Gasteiger partial charge >= 0.3 is 0 Å². The Kier molecular flexibility index (Phi) is 16.7. The third-order valence-electron chi connectivity index (χ3n) is 5.48. The maximum absolute atomic E-state index is 9.19. The lowest BCUT2D eigenvalue weighted by Crippen LogP contribution is -2.50. The Hall–Kier alpha value is -1.17. The minimum absolute atomic E-state index is 0.561. The molecule has 0 heterocycles. The number of unbranched alkanes of at least 4 members (excludes halogenated alkanes) is 3. The molecule has 1 rings (SSSR count). The Morgan fingerprint density at radius 1 is 1.00 bits per heavy atom. The molecule has 0 atom stereocenters. The lowest BCUT2D eigenvalue weighted by atomic mass is 10.1. The van der Waals surface area contributed by atoms with Crippen molar-refractivity contribution in [3.8, 4) is 18.1 Å². The van der Waals surface area contributed by atoms with Crippen LogP contribution >= 0.6 is 23.2 Å². The van der Waals surface area contributed by atoms with E-state index in [4.69, 9.17) is 38.9 Å². The average Bonchev–Trinajstić information content (AvgIpc) is 2.74.